The predicted molar refractivity (Wildman–Crippen MR) is 163 cm³/mol. The van der Waals surface area contributed by atoms with Gasteiger partial charge in [-0.15, -0.1) is 0 Å². The van der Waals surface area contributed by atoms with E-state index in [1.165, 1.54) is 4.90 Å². The summed E-state index contributed by atoms with van der Waals surface area (Å²) in [5, 5.41) is 22.2. The topological polar surface area (TPSA) is 135 Å². The van der Waals surface area contributed by atoms with E-state index in [9.17, 15) is 19.8 Å². The van der Waals surface area contributed by atoms with Gasteiger partial charge in [0.2, 0.25) is 5.95 Å². The highest BCUT2D eigenvalue weighted by molar-refractivity contribution is 6.21. The van der Waals surface area contributed by atoms with Crippen molar-refractivity contribution in [3.63, 3.8) is 0 Å². The number of hydrogen-bond acceptors (Lipinski definition) is 9. The summed E-state index contributed by atoms with van der Waals surface area (Å²) in [6.45, 7) is 1.13. The standard InChI is InChI=1S/C33H36N4O7/c38-16-5-6-17-42-29-19-22(11-13-28(29)43-18-15-36-31(40)24-7-1-2-8-25(24)32(36)41)20-34-33-35-26-9-3-4-10-27(26)37(33)30-14-12-23(21-39)44-30/h1-4,7-11,13,19,23,30,38-39H,5-6,12,14-18,20-21H2,(H,34,35)/t23-,30+/m0/s1. The Morgan fingerprint density at radius 1 is 0.886 bits per heavy atom. The summed E-state index contributed by atoms with van der Waals surface area (Å²) < 4.78 is 20.2. The maximum Gasteiger partial charge on any atom is 0.261 e. The number of aliphatic hydroxyl groups excluding tert-OH is 2. The second-order valence-corrected chi connectivity index (χ2v) is 10.8. The number of carbonyl (C=O) groups is 2. The molecule has 3 N–H and O–H groups in total. The Hall–Kier alpha value is -4.45. The number of nitrogens with one attached hydrogen (secondary N) is 1. The molecule has 6 rings (SSSR count). The molecular weight excluding hydrogens is 564 g/mol. The van der Waals surface area contributed by atoms with Gasteiger partial charge in [-0.1, -0.05) is 30.3 Å². The highest BCUT2D eigenvalue weighted by atomic mass is 16.5. The summed E-state index contributed by atoms with van der Waals surface area (Å²) in [5.74, 6) is 1.05. The Balaban J connectivity index is 1.15. The van der Waals surface area contributed by atoms with Gasteiger partial charge in [-0.25, -0.2) is 4.98 Å². The molecule has 0 radical (unpaired) electrons. The number of imide groups is 1. The number of fused-ring (bicyclic) bond motifs is 2. The molecular formula is C33H36N4O7. The van der Waals surface area contributed by atoms with Crippen molar-refractivity contribution in [2.75, 3.05) is 38.3 Å². The van der Waals surface area contributed by atoms with Crippen molar-refractivity contribution < 1.29 is 34.0 Å². The first-order valence-corrected chi connectivity index (χ1v) is 15.0. The number of rotatable bonds is 14. The van der Waals surface area contributed by atoms with E-state index in [0.29, 0.717) is 54.6 Å². The minimum absolute atomic E-state index is 0.0142. The maximum absolute atomic E-state index is 12.7. The second kappa shape index (κ2) is 13.5. The number of anilines is 1. The fourth-order valence-electron chi connectivity index (χ4n) is 5.63. The van der Waals surface area contributed by atoms with E-state index >= 15 is 0 Å². The van der Waals surface area contributed by atoms with Gasteiger partial charge in [0.15, 0.2) is 11.5 Å². The van der Waals surface area contributed by atoms with Crippen molar-refractivity contribution in [2.45, 2.75) is 44.6 Å². The third-order valence-corrected chi connectivity index (χ3v) is 7.89. The van der Waals surface area contributed by atoms with E-state index in [1.807, 2.05) is 47.0 Å². The zero-order chi connectivity index (χ0) is 30.5. The number of nitrogens with zero attached hydrogens (tertiary/aromatic N) is 3. The molecule has 230 valence electrons. The van der Waals surface area contributed by atoms with Crippen LogP contribution in [0.2, 0.25) is 0 Å². The molecule has 0 aliphatic carbocycles. The van der Waals surface area contributed by atoms with Crippen LogP contribution in [0.1, 0.15) is 58.2 Å². The zero-order valence-electron chi connectivity index (χ0n) is 24.4. The summed E-state index contributed by atoms with van der Waals surface area (Å²) in [7, 11) is 0. The molecule has 2 aliphatic heterocycles. The van der Waals surface area contributed by atoms with E-state index in [4.69, 9.17) is 19.2 Å². The van der Waals surface area contributed by atoms with Crippen LogP contribution in [0.25, 0.3) is 11.0 Å². The molecule has 1 saturated heterocycles. The van der Waals surface area contributed by atoms with Crippen LogP contribution < -0.4 is 14.8 Å². The molecule has 2 amide bonds. The molecule has 1 aromatic heterocycles. The molecule has 2 atom stereocenters. The quantitative estimate of drug-likeness (QED) is 0.144. The smallest absolute Gasteiger partial charge is 0.261 e. The molecule has 0 unspecified atom stereocenters. The summed E-state index contributed by atoms with van der Waals surface area (Å²) in [5.41, 5.74) is 3.54. The molecule has 0 saturated carbocycles. The Kier molecular flexibility index (Phi) is 9.06. The minimum Gasteiger partial charge on any atom is -0.490 e. The highest BCUT2D eigenvalue weighted by Gasteiger charge is 2.35. The molecule has 0 bridgehead atoms. The van der Waals surface area contributed by atoms with E-state index in [1.54, 1.807) is 24.3 Å². The monoisotopic (exact) mass is 600 g/mol. The van der Waals surface area contributed by atoms with Crippen LogP contribution in [0.5, 0.6) is 11.5 Å². The number of amides is 2. The number of imidazole rings is 1. The van der Waals surface area contributed by atoms with Crippen molar-refractivity contribution in [3.8, 4) is 11.5 Å². The summed E-state index contributed by atoms with van der Waals surface area (Å²) in [6, 6.07) is 20.3. The normalized spacial score (nSPS) is 17.8. The molecule has 3 heterocycles. The minimum atomic E-state index is -0.322. The number of unbranched alkanes of at least 4 members (excludes halogenated alkanes) is 1. The summed E-state index contributed by atoms with van der Waals surface area (Å²) in [4.78, 5) is 31.5. The maximum atomic E-state index is 12.7. The van der Waals surface area contributed by atoms with Crippen LogP contribution in [0, 0.1) is 0 Å². The Bertz CT molecular complexity index is 1600. The van der Waals surface area contributed by atoms with Crippen molar-refractivity contribution in [1.29, 1.82) is 0 Å². The third-order valence-electron chi connectivity index (χ3n) is 7.89. The van der Waals surface area contributed by atoms with Gasteiger partial charge in [0.05, 0.1) is 48.0 Å². The summed E-state index contributed by atoms with van der Waals surface area (Å²) in [6.07, 6.45) is 2.42. The summed E-state index contributed by atoms with van der Waals surface area (Å²) >= 11 is 0. The van der Waals surface area contributed by atoms with E-state index < -0.39 is 0 Å². The first kappa shape index (κ1) is 29.6. The Morgan fingerprint density at radius 3 is 2.39 bits per heavy atom. The lowest BCUT2D eigenvalue weighted by Crippen LogP contribution is -2.33. The average Bonchev–Trinajstić information content (AvgIpc) is 3.74. The molecule has 3 aromatic carbocycles. The number of aromatic nitrogens is 2. The lowest BCUT2D eigenvalue weighted by Gasteiger charge is -2.19. The number of benzene rings is 3. The van der Waals surface area contributed by atoms with Gasteiger partial charge in [0, 0.05) is 13.2 Å². The Labute approximate surface area is 255 Å². The van der Waals surface area contributed by atoms with Gasteiger partial charge < -0.3 is 29.7 Å². The lowest BCUT2D eigenvalue weighted by molar-refractivity contribution is -0.0195. The van der Waals surface area contributed by atoms with Gasteiger partial charge in [0.25, 0.3) is 11.8 Å². The number of aliphatic hydroxyl groups is 2. The first-order valence-electron chi connectivity index (χ1n) is 15.0. The molecule has 2 aliphatic rings. The fraction of sp³-hybridized carbons (Fsp3) is 0.364. The average molecular weight is 601 g/mol. The van der Waals surface area contributed by atoms with Crippen LogP contribution in [0.4, 0.5) is 5.95 Å². The molecule has 11 heteroatoms. The first-order chi connectivity index (χ1) is 21.6. The van der Waals surface area contributed by atoms with Gasteiger partial charge >= 0.3 is 0 Å². The van der Waals surface area contributed by atoms with Crippen molar-refractivity contribution >= 4 is 28.8 Å². The van der Waals surface area contributed by atoms with Crippen molar-refractivity contribution in [2.24, 2.45) is 0 Å². The van der Waals surface area contributed by atoms with Crippen LogP contribution in [0.3, 0.4) is 0 Å². The van der Waals surface area contributed by atoms with Crippen LogP contribution in [-0.4, -0.2) is 75.6 Å². The van der Waals surface area contributed by atoms with Gasteiger partial charge in [-0.05, 0) is 67.6 Å². The van der Waals surface area contributed by atoms with Gasteiger partial charge in [0.1, 0.15) is 12.8 Å². The van der Waals surface area contributed by atoms with Crippen molar-refractivity contribution in [3.05, 3.63) is 83.4 Å². The van der Waals surface area contributed by atoms with E-state index in [0.717, 1.165) is 29.4 Å². The number of hydrogen-bond donors (Lipinski definition) is 3. The SMILES string of the molecule is O=C1c2ccccc2C(=O)N1CCOc1ccc(CNc2nc3ccccc3n2[C@H]2CC[C@@H](CO)O2)cc1OCCCCO. The molecule has 1 fully saturated rings. The van der Waals surface area contributed by atoms with Gasteiger partial charge in [-0.3, -0.25) is 19.1 Å². The zero-order valence-corrected chi connectivity index (χ0v) is 24.4. The number of carbonyl (C=O) groups excluding carboxylic acids is 2. The predicted octanol–water partition coefficient (Wildman–Crippen LogP) is 4.14. The second-order valence-electron chi connectivity index (χ2n) is 10.8. The Morgan fingerprint density at radius 2 is 1.64 bits per heavy atom. The van der Waals surface area contributed by atoms with Crippen LogP contribution >= 0.6 is 0 Å². The number of para-hydroxylation sites is 2. The van der Waals surface area contributed by atoms with E-state index in [2.05, 4.69) is 5.32 Å². The van der Waals surface area contributed by atoms with Crippen LogP contribution in [-0.2, 0) is 11.3 Å². The largest absolute Gasteiger partial charge is 0.490 e. The highest BCUT2D eigenvalue weighted by Crippen LogP contribution is 2.35. The van der Waals surface area contributed by atoms with Crippen LogP contribution in [0.15, 0.2) is 66.7 Å². The molecule has 0 spiro atoms. The molecule has 11 nitrogen and oxygen atoms in total. The fourth-order valence-corrected chi connectivity index (χ4v) is 5.63. The molecule has 44 heavy (non-hydrogen) atoms. The lowest BCUT2D eigenvalue weighted by atomic mass is 10.1. The van der Waals surface area contributed by atoms with Crippen molar-refractivity contribution in [1.82, 2.24) is 14.5 Å². The number of ether oxygens (including phenoxy) is 3. The third kappa shape index (κ3) is 6.12. The molecule has 4 aromatic rings. The van der Waals surface area contributed by atoms with E-state index in [-0.39, 0.29) is 50.5 Å². The van der Waals surface area contributed by atoms with Gasteiger partial charge in [-0.2, -0.15) is 0 Å².